The van der Waals surface area contributed by atoms with Gasteiger partial charge in [-0.25, -0.2) is 0 Å². The van der Waals surface area contributed by atoms with E-state index in [1.54, 1.807) is 0 Å². The van der Waals surface area contributed by atoms with E-state index in [4.69, 9.17) is 4.74 Å². The van der Waals surface area contributed by atoms with Gasteiger partial charge in [-0.15, -0.1) is 0 Å². The Morgan fingerprint density at radius 3 is 3.06 bits per heavy atom. The van der Waals surface area contributed by atoms with Gasteiger partial charge in [0.2, 0.25) is 0 Å². The Morgan fingerprint density at radius 1 is 1.53 bits per heavy atom. The summed E-state index contributed by atoms with van der Waals surface area (Å²) in [5.74, 6) is 0.484. The van der Waals surface area contributed by atoms with E-state index in [2.05, 4.69) is 10.2 Å². The molecule has 17 heavy (non-hydrogen) atoms. The number of piperidine rings is 1. The first-order valence-corrected chi connectivity index (χ1v) is 6.83. The number of rotatable bonds is 5. The number of aliphatic hydroxyl groups excluding tert-OH is 1. The Labute approximate surface area is 104 Å². The molecule has 100 valence electrons. The lowest BCUT2D eigenvalue weighted by atomic mass is 9.85. The lowest BCUT2D eigenvalue weighted by molar-refractivity contribution is 0.0674. The Bertz CT molecular complexity index is 229. The van der Waals surface area contributed by atoms with E-state index in [0.717, 1.165) is 39.3 Å². The fraction of sp³-hybridized carbons (Fsp3) is 1.00. The summed E-state index contributed by atoms with van der Waals surface area (Å²) in [6.45, 7) is 6.51. The first-order valence-electron chi connectivity index (χ1n) is 6.83. The molecule has 0 saturated carbocycles. The van der Waals surface area contributed by atoms with E-state index in [-0.39, 0.29) is 0 Å². The molecule has 0 aromatic carbocycles. The van der Waals surface area contributed by atoms with Gasteiger partial charge in [0.15, 0.2) is 0 Å². The van der Waals surface area contributed by atoms with Crippen molar-refractivity contribution in [1.29, 1.82) is 0 Å². The van der Waals surface area contributed by atoms with Crippen LogP contribution in [0.3, 0.4) is 0 Å². The van der Waals surface area contributed by atoms with Crippen molar-refractivity contribution in [3.8, 4) is 0 Å². The molecule has 2 N–H and O–H groups in total. The predicted molar refractivity (Wildman–Crippen MR) is 68.0 cm³/mol. The largest absolute Gasteiger partial charge is 0.396 e. The Kier molecular flexibility index (Phi) is 4.79. The van der Waals surface area contributed by atoms with Crippen molar-refractivity contribution in [2.75, 3.05) is 53.0 Å². The highest BCUT2D eigenvalue weighted by Crippen LogP contribution is 2.30. The summed E-state index contributed by atoms with van der Waals surface area (Å²) < 4.78 is 5.59. The van der Waals surface area contributed by atoms with Crippen LogP contribution in [-0.2, 0) is 4.74 Å². The van der Waals surface area contributed by atoms with Gasteiger partial charge in [-0.05, 0) is 38.8 Å². The number of hydrogen-bond donors (Lipinski definition) is 2. The van der Waals surface area contributed by atoms with Gasteiger partial charge >= 0.3 is 0 Å². The molecule has 2 rings (SSSR count). The highest BCUT2D eigenvalue weighted by molar-refractivity contribution is 4.89. The minimum absolute atomic E-state index is 0.298. The number of ether oxygens (including phenoxy) is 1. The maximum absolute atomic E-state index is 9.27. The normalized spacial score (nSPS) is 35.3. The zero-order valence-electron chi connectivity index (χ0n) is 11.0. The molecular formula is C13H26N2O2. The van der Waals surface area contributed by atoms with Crippen LogP contribution in [0.2, 0.25) is 0 Å². The van der Waals surface area contributed by atoms with Gasteiger partial charge in [-0.3, -0.25) is 0 Å². The number of aliphatic hydroxyl groups is 1. The second-order valence-electron chi connectivity index (χ2n) is 5.76. The molecule has 0 aromatic heterocycles. The lowest BCUT2D eigenvalue weighted by Crippen LogP contribution is -2.47. The van der Waals surface area contributed by atoms with Gasteiger partial charge < -0.3 is 20.1 Å². The fourth-order valence-corrected chi connectivity index (χ4v) is 3.26. The zero-order valence-corrected chi connectivity index (χ0v) is 11.0. The molecule has 0 radical (unpaired) electrons. The first-order chi connectivity index (χ1) is 8.28. The van der Waals surface area contributed by atoms with Gasteiger partial charge in [-0.2, -0.15) is 0 Å². The van der Waals surface area contributed by atoms with Crippen molar-refractivity contribution in [1.82, 2.24) is 10.2 Å². The van der Waals surface area contributed by atoms with Crippen LogP contribution in [0.15, 0.2) is 0 Å². The third-order valence-electron chi connectivity index (χ3n) is 4.16. The molecule has 4 heteroatoms. The highest BCUT2D eigenvalue weighted by atomic mass is 16.5. The average molecular weight is 242 g/mol. The number of hydrogen-bond acceptors (Lipinski definition) is 4. The molecule has 4 nitrogen and oxygen atoms in total. The molecule has 2 saturated heterocycles. The lowest BCUT2D eigenvalue weighted by Gasteiger charge is -2.38. The maximum Gasteiger partial charge on any atom is 0.0547 e. The van der Waals surface area contributed by atoms with E-state index in [9.17, 15) is 5.11 Å². The van der Waals surface area contributed by atoms with Crippen LogP contribution in [0.5, 0.6) is 0 Å². The minimum atomic E-state index is 0.298. The number of nitrogens with one attached hydrogen (secondary N) is 1. The number of nitrogens with zero attached hydrogens (tertiary/aromatic N) is 1. The topological polar surface area (TPSA) is 44.7 Å². The van der Waals surface area contributed by atoms with E-state index >= 15 is 0 Å². The summed E-state index contributed by atoms with van der Waals surface area (Å²) in [7, 11) is 2.02. The quantitative estimate of drug-likeness (QED) is 0.729. The van der Waals surface area contributed by atoms with Crippen LogP contribution in [-0.4, -0.2) is 63.1 Å². The van der Waals surface area contributed by atoms with Crippen molar-refractivity contribution in [2.45, 2.75) is 19.3 Å². The summed E-state index contributed by atoms with van der Waals surface area (Å²) in [5.41, 5.74) is 0.298. The first kappa shape index (κ1) is 13.3. The smallest absolute Gasteiger partial charge is 0.0547 e. The standard InChI is InChI=1S/C13H26N2O2/c1-14-9-13(4-6-17-11-13)10-15-5-2-3-12(7-15)8-16/h12,14,16H,2-11H2,1H3. The van der Waals surface area contributed by atoms with Crippen LogP contribution >= 0.6 is 0 Å². The van der Waals surface area contributed by atoms with Gasteiger partial charge in [0.1, 0.15) is 0 Å². The summed E-state index contributed by atoms with van der Waals surface area (Å²) in [5, 5.41) is 12.6. The molecule has 0 spiro atoms. The van der Waals surface area contributed by atoms with E-state index in [1.807, 2.05) is 7.05 Å². The second kappa shape index (κ2) is 6.14. The van der Waals surface area contributed by atoms with Gasteiger partial charge in [0, 0.05) is 38.3 Å². The summed E-state index contributed by atoms with van der Waals surface area (Å²) in [6, 6.07) is 0. The molecule has 2 fully saturated rings. The van der Waals surface area contributed by atoms with E-state index in [0.29, 0.717) is 17.9 Å². The maximum atomic E-state index is 9.27. The molecule has 2 aliphatic rings. The van der Waals surface area contributed by atoms with Crippen LogP contribution in [0.25, 0.3) is 0 Å². The molecule has 2 unspecified atom stereocenters. The molecule has 0 amide bonds. The van der Waals surface area contributed by atoms with Crippen LogP contribution in [0.4, 0.5) is 0 Å². The van der Waals surface area contributed by atoms with Gasteiger partial charge in [0.25, 0.3) is 0 Å². The molecule has 0 aromatic rings. The summed E-state index contributed by atoms with van der Waals surface area (Å²) in [6.07, 6.45) is 3.57. The molecular weight excluding hydrogens is 216 g/mol. The van der Waals surface area contributed by atoms with Crippen LogP contribution in [0.1, 0.15) is 19.3 Å². The van der Waals surface area contributed by atoms with Crippen molar-refractivity contribution in [2.24, 2.45) is 11.3 Å². The highest BCUT2D eigenvalue weighted by Gasteiger charge is 2.37. The molecule has 0 bridgehead atoms. The Morgan fingerprint density at radius 2 is 2.41 bits per heavy atom. The van der Waals surface area contributed by atoms with Crippen molar-refractivity contribution >= 4 is 0 Å². The third-order valence-corrected chi connectivity index (χ3v) is 4.16. The Hall–Kier alpha value is -0.160. The number of likely N-dealkylation sites (tertiary alicyclic amines) is 1. The predicted octanol–water partition coefficient (Wildman–Crippen LogP) is 0.317. The van der Waals surface area contributed by atoms with E-state index < -0.39 is 0 Å². The van der Waals surface area contributed by atoms with Crippen molar-refractivity contribution in [3.63, 3.8) is 0 Å². The van der Waals surface area contributed by atoms with Gasteiger partial charge in [-0.1, -0.05) is 0 Å². The third kappa shape index (κ3) is 3.41. The molecule has 2 atom stereocenters. The Balaban J connectivity index is 1.88. The monoisotopic (exact) mass is 242 g/mol. The molecule has 0 aliphatic carbocycles. The van der Waals surface area contributed by atoms with Crippen LogP contribution < -0.4 is 5.32 Å². The SMILES string of the molecule is CNCC1(CN2CCCC(CO)C2)CCOC1. The van der Waals surface area contributed by atoms with E-state index in [1.165, 1.54) is 19.4 Å². The summed E-state index contributed by atoms with van der Waals surface area (Å²) >= 11 is 0. The van der Waals surface area contributed by atoms with Crippen LogP contribution in [0, 0.1) is 11.3 Å². The van der Waals surface area contributed by atoms with Gasteiger partial charge in [0.05, 0.1) is 6.61 Å². The average Bonchev–Trinajstić information content (AvgIpc) is 2.78. The van der Waals surface area contributed by atoms with Crippen molar-refractivity contribution in [3.05, 3.63) is 0 Å². The molecule has 2 heterocycles. The van der Waals surface area contributed by atoms with Crippen molar-refractivity contribution < 1.29 is 9.84 Å². The molecule has 2 aliphatic heterocycles. The fourth-order valence-electron chi connectivity index (χ4n) is 3.26. The zero-order chi connectivity index (χ0) is 12.1. The second-order valence-corrected chi connectivity index (χ2v) is 5.76. The minimum Gasteiger partial charge on any atom is -0.396 e. The summed E-state index contributed by atoms with van der Waals surface area (Å²) in [4.78, 5) is 2.52.